The average molecular weight is 505 g/mol. The molecule has 180 valence electrons. The van der Waals surface area contributed by atoms with Crippen molar-refractivity contribution in [3.05, 3.63) is 82.3 Å². The van der Waals surface area contributed by atoms with Gasteiger partial charge in [-0.2, -0.15) is 8.42 Å². The summed E-state index contributed by atoms with van der Waals surface area (Å²) in [7, 11) is -3.14. The molecule has 2 atom stereocenters. The fourth-order valence-electron chi connectivity index (χ4n) is 3.23. The zero-order valence-electron chi connectivity index (χ0n) is 18.2. The first-order valence-corrected chi connectivity index (χ1v) is 12.5. The van der Waals surface area contributed by atoms with Crippen LogP contribution in [0.3, 0.4) is 0 Å². The first-order valence-electron chi connectivity index (χ1n) is 10.2. The van der Waals surface area contributed by atoms with E-state index in [2.05, 4.69) is 20.4 Å². The van der Waals surface area contributed by atoms with E-state index in [1.54, 1.807) is 23.7 Å². The predicted molar refractivity (Wildman–Crippen MR) is 128 cm³/mol. The smallest absolute Gasteiger partial charge is 0.407 e. The zero-order valence-corrected chi connectivity index (χ0v) is 19.8. The summed E-state index contributed by atoms with van der Waals surface area (Å²) in [5.41, 5.74) is 1.86. The van der Waals surface area contributed by atoms with Crippen molar-refractivity contribution in [3.63, 3.8) is 0 Å². The summed E-state index contributed by atoms with van der Waals surface area (Å²) in [6, 6.07) is 14.3. The van der Waals surface area contributed by atoms with E-state index in [1.807, 2.05) is 35.1 Å². The molecule has 0 spiro atoms. The highest BCUT2D eigenvalue weighted by Crippen LogP contribution is 2.22. The molecule has 3 rings (SSSR count). The van der Waals surface area contributed by atoms with Crippen LogP contribution in [0.25, 0.3) is 0 Å². The minimum absolute atomic E-state index is 0.200. The van der Waals surface area contributed by atoms with Gasteiger partial charge in [-0.3, -0.25) is 14.1 Å². The van der Waals surface area contributed by atoms with Crippen LogP contribution in [0.1, 0.15) is 22.2 Å². The largest absolute Gasteiger partial charge is 0.453 e. The van der Waals surface area contributed by atoms with Gasteiger partial charge in [-0.15, -0.1) is 11.3 Å². The molecule has 0 radical (unpaired) electrons. The lowest BCUT2D eigenvalue weighted by Gasteiger charge is -2.22. The Morgan fingerprint density at radius 2 is 1.71 bits per heavy atom. The number of hydrogen-bond donors (Lipinski definition) is 4. The van der Waals surface area contributed by atoms with Crippen LogP contribution >= 0.6 is 11.3 Å². The Balaban J connectivity index is 1.77. The monoisotopic (exact) mass is 504 g/mol. The van der Waals surface area contributed by atoms with Crippen molar-refractivity contribution < 1.29 is 27.3 Å². The fourth-order valence-corrected chi connectivity index (χ4v) is 4.36. The Kier molecular flexibility index (Phi) is 8.57. The maximum atomic E-state index is 13.2. The number of nitrogens with one attached hydrogen (secondary N) is 3. The van der Waals surface area contributed by atoms with Crippen molar-refractivity contribution in [1.82, 2.24) is 15.6 Å². The molecule has 0 saturated heterocycles. The molecule has 1 aromatic heterocycles. The summed E-state index contributed by atoms with van der Waals surface area (Å²) in [5, 5.41) is 8.00. The van der Waals surface area contributed by atoms with Crippen molar-refractivity contribution in [1.29, 1.82) is 0 Å². The van der Waals surface area contributed by atoms with E-state index in [9.17, 15) is 18.0 Å². The molecule has 34 heavy (non-hydrogen) atoms. The third kappa shape index (κ3) is 7.83. The highest BCUT2D eigenvalue weighted by molar-refractivity contribution is 7.87. The summed E-state index contributed by atoms with van der Waals surface area (Å²) in [5.74, 6) is -0.404. The van der Waals surface area contributed by atoms with E-state index in [0.717, 1.165) is 11.1 Å². The van der Waals surface area contributed by atoms with Gasteiger partial charge in [0.2, 0.25) is 5.91 Å². The number of rotatable bonds is 10. The van der Waals surface area contributed by atoms with Crippen LogP contribution in [0, 0.1) is 0 Å². The number of aromatic nitrogens is 1. The Hall–Kier alpha value is -3.48. The molecule has 12 heteroatoms. The van der Waals surface area contributed by atoms with E-state index >= 15 is 0 Å². The van der Waals surface area contributed by atoms with Gasteiger partial charge < -0.3 is 15.4 Å². The maximum absolute atomic E-state index is 13.2. The first kappa shape index (κ1) is 25.1. The molecule has 0 fully saturated rings. The van der Waals surface area contributed by atoms with Gasteiger partial charge >= 0.3 is 16.4 Å². The van der Waals surface area contributed by atoms with Crippen LogP contribution in [0.5, 0.6) is 0 Å². The predicted octanol–water partition coefficient (Wildman–Crippen LogP) is 2.73. The van der Waals surface area contributed by atoms with Crippen LogP contribution in [0.2, 0.25) is 0 Å². The second kappa shape index (κ2) is 11.6. The number of amides is 2. The molecule has 4 N–H and O–H groups in total. The Morgan fingerprint density at radius 1 is 1.03 bits per heavy atom. The van der Waals surface area contributed by atoms with E-state index < -0.39 is 34.4 Å². The molecule has 0 aliphatic rings. The topological polar surface area (TPSA) is 147 Å². The van der Waals surface area contributed by atoms with E-state index in [1.165, 1.54) is 30.6 Å². The van der Waals surface area contributed by atoms with Crippen LogP contribution in [-0.4, -0.2) is 43.1 Å². The fraction of sp³-hybridized carbons (Fsp3) is 0.227. The number of anilines is 1. The molecule has 0 bridgehead atoms. The van der Waals surface area contributed by atoms with Gasteiger partial charge in [-0.1, -0.05) is 42.5 Å². The molecular weight excluding hydrogens is 480 g/mol. The van der Waals surface area contributed by atoms with Gasteiger partial charge in [0, 0.05) is 18.0 Å². The van der Waals surface area contributed by atoms with Crippen LogP contribution in [0.4, 0.5) is 10.5 Å². The lowest BCUT2D eigenvalue weighted by Crippen LogP contribution is -2.49. The quantitative estimate of drug-likeness (QED) is 0.310. The van der Waals surface area contributed by atoms with Crippen LogP contribution in [-0.2, 0) is 32.7 Å². The van der Waals surface area contributed by atoms with Crippen molar-refractivity contribution in [2.75, 3.05) is 11.8 Å². The highest BCUT2D eigenvalue weighted by atomic mass is 32.2. The Labute approximate surface area is 201 Å². The highest BCUT2D eigenvalue weighted by Gasteiger charge is 2.26. The van der Waals surface area contributed by atoms with Crippen LogP contribution in [0.15, 0.2) is 66.2 Å². The Morgan fingerprint density at radius 3 is 2.29 bits per heavy atom. The summed E-state index contributed by atoms with van der Waals surface area (Å²) < 4.78 is 37.5. The number of ether oxygens (including phenoxy) is 1. The number of thiazole rings is 1. The molecule has 3 aromatic rings. The van der Waals surface area contributed by atoms with Gasteiger partial charge in [0.05, 0.1) is 18.8 Å². The van der Waals surface area contributed by atoms with E-state index in [0.29, 0.717) is 11.4 Å². The molecule has 2 amide bonds. The molecule has 2 aromatic carbocycles. The molecule has 0 aliphatic heterocycles. The van der Waals surface area contributed by atoms with Gasteiger partial charge in [0.1, 0.15) is 11.0 Å². The second-order valence-electron chi connectivity index (χ2n) is 7.29. The molecular formula is C22H24N4O6S2. The number of carbonyl (C=O) groups is 2. The number of hydrogen-bond acceptors (Lipinski definition) is 7. The molecule has 0 saturated carbocycles. The summed E-state index contributed by atoms with van der Waals surface area (Å²) in [6.07, 6.45) is 1.54. The lowest BCUT2D eigenvalue weighted by molar-refractivity contribution is -0.123. The number of carbonyl (C=O) groups excluding carboxylic acids is 2. The summed E-state index contributed by atoms with van der Waals surface area (Å²) in [6.45, 7) is 0. The van der Waals surface area contributed by atoms with Gasteiger partial charge in [-0.25, -0.2) is 9.78 Å². The summed E-state index contributed by atoms with van der Waals surface area (Å²) >= 11 is 1.37. The van der Waals surface area contributed by atoms with Gasteiger partial charge in [-0.05, 0) is 29.7 Å². The number of nitrogens with zero attached hydrogens (tertiary/aromatic N) is 1. The summed E-state index contributed by atoms with van der Waals surface area (Å²) in [4.78, 5) is 29.4. The minimum atomic E-state index is -4.37. The third-order valence-electron chi connectivity index (χ3n) is 4.78. The Bertz CT molecular complexity index is 1190. The number of benzene rings is 2. The van der Waals surface area contributed by atoms with Crippen molar-refractivity contribution in [3.8, 4) is 0 Å². The number of methoxy groups -OCH3 is 1. The van der Waals surface area contributed by atoms with Crippen LogP contribution < -0.4 is 15.4 Å². The molecule has 2 unspecified atom stereocenters. The number of alkyl carbamates (subject to hydrolysis) is 1. The first-order chi connectivity index (χ1) is 16.2. The van der Waals surface area contributed by atoms with Crippen molar-refractivity contribution in [2.24, 2.45) is 0 Å². The van der Waals surface area contributed by atoms with E-state index in [-0.39, 0.29) is 12.1 Å². The molecule has 1 heterocycles. The lowest BCUT2D eigenvalue weighted by atomic mass is 10.0. The molecule has 0 aliphatic carbocycles. The third-order valence-corrected chi connectivity index (χ3v) is 6.17. The second-order valence-corrected chi connectivity index (χ2v) is 9.37. The maximum Gasteiger partial charge on any atom is 0.407 e. The zero-order chi connectivity index (χ0) is 24.6. The average Bonchev–Trinajstić information content (AvgIpc) is 3.34. The normalized spacial score (nSPS) is 12.9. The van der Waals surface area contributed by atoms with E-state index in [4.69, 9.17) is 4.55 Å². The molecule has 10 nitrogen and oxygen atoms in total. The SMILES string of the molecule is COC(=O)NC(Cc1ccccc1)C(=O)NC(Cc1ccc(NS(=O)(=O)O)cc1)c1nccs1. The minimum Gasteiger partial charge on any atom is -0.453 e. The standard InChI is InChI=1S/C22H24N4O6S2/c1-32-22(28)25-18(13-15-5-3-2-4-6-15)20(27)24-19(21-23-11-12-33-21)14-16-7-9-17(10-8-16)26-34(29,30)31/h2-12,18-19,26H,13-14H2,1H3,(H,24,27)(H,25,28)(H,29,30,31). The van der Waals surface area contributed by atoms with Gasteiger partial charge in [0.15, 0.2) is 0 Å². The van der Waals surface area contributed by atoms with Crippen molar-refractivity contribution in [2.45, 2.75) is 24.9 Å². The van der Waals surface area contributed by atoms with Gasteiger partial charge in [0.25, 0.3) is 0 Å². The van der Waals surface area contributed by atoms with Crippen molar-refractivity contribution >= 4 is 39.3 Å².